The number of carbonyl (C=O) groups is 1. The summed E-state index contributed by atoms with van der Waals surface area (Å²) in [7, 11) is 0. The van der Waals surface area contributed by atoms with Gasteiger partial charge in [-0.3, -0.25) is 10.1 Å². The van der Waals surface area contributed by atoms with Crippen LogP contribution in [0.5, 0.6) is 0 Å². The number of hydrogen-bond acceptors (Lipinski definition) is 4. The van der Waals surface area contributed by atoms with Gasteiger partial charge in [0, 0.05) is 18.1 Å². The lowest BCUT2D eigenvalue weighted by Gasteiger charge is -2.26. The number of ether oxygens (including phenoxy) is 1. The molecule has 1 aliphatic rings. The van der Waals surface area contributed by atoms with Gasteiger partial charge in [-0.15, -0.1) is 0 Å². The topological polar surface area (TPSA) is 69.4 Å². The lowest BCUT2D eigenvalue weighted by atomic mass is 9.98. The fraction of sp³-hybridized carbons (Fsp3) is 0.316. The number of hydrogen-bond donors (Lipinski definition) is 0. The van der Waals surface area contributed by atoms with Gasteiger partial charge in [-0.05, 0) is 56.0 Å². The van der Waals surface area contributed by atoms with Gasteiger partial charge in [-0.1, -0.05) is 12.1 Å². The van der Waals surface area contributed by atoms with Crippen molar-refractivity contribution < 1.29 is 18.8 Å². The fourth-order valence-corrected chi connectivity index (χ4v) is 3.13. The average molecular weight is 343 g/mol. The number of non-ortho nitro benzene ring substituents is 1. The number of halogens is 1. The van der Waals surface area contributed by atoms with E-state index in [2.05, 4.69) is 0 Å². The molecule has 6 heteroatoms. The zero-order valence-electron chi connectivity index (χ0n) is 13.9. The van der Waals surface area contributed by atoms with E-state index < -0.39 is 16.5 Å². The third-order valence-electron chi connectivity index (χ3n) is 4.65. The molecular weight excluding hydrogens is 325 g/mol. The first kappa shape index (κ1) is 17.1. The summed E-state index contributed by atoms with van der Waals surface area (Å²) >= 11 is 0. The summed E-state index contributed by atoms with van der Waals surface area (Å²) in [5.41, 5.74) is 0.552. The molecule has 0 aliphatic heterocycles. The largest absolute Gasteiger partial charge is 0.456 e. The SMILES string of the molecule is CC(C)(OC(=O)c1ccc([N+](=O)[O-])cc1)[C@@H]1C[C@H]1c1ccc(F)cc1. The molecule has 2 atom stereocenters. The third kappa shape index (κ3) is 3.68. The first-order chi connectivity index (χ1) is 11.8. The second-order valence-corrected chi connectivity index (χ2v) is 6.80. The minimum atomic E-state index is -0.683. The van der Waals surface area contributed by atoms with Gasteiger partial charge in [0.25, 0.3) is 5.69 Å². The molecule has 5 nitrogen and oxygen atoms in total. The van der Waals surface area contributed by atoms with Crippen LogP contribution in [0.15, 0.2) is 48.5 Å². The van der Waals surface area contributed by atoms with Crippen molar-refractivity contribution in [3.63, 3.8) is 0 Å². The lowest BCUT2D eigenvalue weighted by molar-refractivity contribution is -0.384. The second-order valence-electron chi connectivity index (χ2n) is 6.80. The van der Waals surface area contributed by atoms with E-state index in [9.17, 15) is 19.3 Å². The highest BCUT2D eigenvalue weighted by molar-refractivity contribution is 5.90. The fourth-order valence-electron chi connectivity index (χ4n) is 3.13. The van der Waals surface area contributed by atoms with E-state index in [4.69, 9.17) is 4.74 Å². The number of nitrogens with zero attached hydrogens (tertiary/aromatic N) is 1. The van der Waals surface area contributed by atoms with Crippen LogP contribution in [-0.2, 0) is 4.74 Å². The number of nitro benzene ring substituents is 1. The van der Waals surface area contributed by atoms with Crippen molar-refractivity contribution in [3.8, 4) is 0 Å². The molecule has 2 aromatic rings. The molecule has 0 radical (unpaired) electrons. The molecule has 1 saturated carbocycles. The van der Waals surface area contributed by atoms with E-state index in [0.717, 1.165) is 12.0 Å². The molecule has 0 unspecified atom stereocenters. The first-order valence-corrected chi connectivity index (χ1v) is 8.01. The molecule has 1 aliphatic carbocycles. The van der Waals surface area contributed by atoms with Crippen molar-refractivity contribution in [1.29, 1.82) is 0 Å². The van der Waals surface area contributed by atoms with E-state index in [1.165, 1.54) is 36.4 Å². The third-order valence-corrected chi connectivity index (χ3v) is 4.65. The van der Waals surface area contributed by atoms with Crippen LogP contribution < -0.4 is 0 Å². The smallest absolute Gasteiger partial charge is 0.338 e. The van der Waals surface area contributed by atoms with Crippen molar-refractivity contribution in [2.45, 2.75) is 31.8 Å². The normalized spacial score (nSPS) is 19.3. The number of carbonyl (C=O) groups excluding carboxylic acids is 1. The van der Waals surface area contributed by atoms with Crippen molar-refractivity contribution in [2.75, 3.05) is 0 Å². The predicted octanol–water partition coefficient (Wildman–Crippen LogP) is 4.47. The Balaban J connectivity index is 1.66. The lowest BCUT2D eigenvalue weighted by Crippen LogP contribution is -2.31. The van der Waals surface area contributed by atoms with Crippen molar-refractivity contribution >= 4 is 11.7 Å². The van der Waals surface area contributed by atoms with Gasteiger partial charge in [0.05, 0.1) is 10.5 Å². The van der Waals surface area contributed by atoms with E-state index in [-0.39, 0.29) is 28.9 Å². The summed E-state index contributed by atoms with van der Waals surface area (Å²) in [5.74, 6) is -0.394. The Labute approximate surface area is 144 Å². The molecule has 2 aromatic carbocycles. The standard InChI is InChI=1S/C19H18FNO4/c1-19(2,17-11-16(17)12-3-7-14(20)8-4-12)25-18(22)13-5-9-15(10-6-13)21(23)24/h3-10,16-17H,11H2,1-2H3/t16-,17+/m0/s1. The Bertz CT molecular complexity index is 799. The quantitative estimate of drug-likeness (QED) is 0.456. The van der Waals surface area contributed by atoms with Gasteiger partial charge in [0.1, 0.15) is 11.4 Å². The van der Waals surface area contributed by atoms with Gasteiger partial charge in [-0.25, -0.2) is 9.18 Å². The van der Waals surface area contributed by atoms with Crippen LogP contribution in [0.25, 0.3) is 0 Å². The molecule has 0 heterocycles. The monoisotopic (exact) mass is 343 g/mol. The van der Waals surface area contributed by atoms with Crippen LogP contribution >= 0.6 is 0 Å². The molecule has 3 rings (SSSR count). The zero-order valence-corrected chi connectivity index (χ0v) is 13.9. The van der Waals surface area contributed by atoms with E-state index in [1.807, 2.05) is 13.8 Å². The van der Waals surface area contributed by atoms with E-state index in [0.29, 0.717) is 0 Å². The van der Waals surface area contributed by atoms with Gasteiger partial charge in [0.2, 0.25) is 0 Å². The molecule has 0 N–H and O–H groups in total. The van der Waals surface area contributed by atoms with Gasteiger partial charge < -0.3 is 4.74 Å². The summed E-state index contributed by atoms with van der Waals surface area (Å²) in [6.07, 6.45) is 0.867. The number of rotatable bonds is 5. The summed E-state index contributed by atoms with van der Waals surface area (Å²) in [5, 5.41) is 10.7. The number of benzene rings is 2. The first-order valence-electron chi connectivity index (χ1n) is 8.01. The second kappa shape index (κ2) is 6.27. The Kier molecular flexibility index (Phi) is 4.29. The minimum absolute atomic E-state index is 0.0747. The highest BCUT2D eigenvalue weighted by Crippen LogP contribution is 2.54. The number of esters is 1. The highest BCUT2D eigenvalue weighted by Gasteiger charge is 2.50. The summed E-state index contributed by atoms with van der Waals surface area (Å²) < 4.78 is 18.7. The molecule has 0 bridgehead atoms. The maximum atomic E-state index is 13.0. The molecule has 130 valence electrons. The summed E-state index contributed by atoms with van der Waals surface area (Å²) in [6, 6.07) is 11.7. The Morgan fingerprint density at radius 1 is 1.16 bits per heavy atom. The Hall–Kier alpha value is -2.76. The molecule has 0 amide bonds. The van der Waals surface area contributed by atoms with Crippen LogP contribution in [0, 0.1) is 21.8 Å². The van der Waals surface area contributed by atoms with Crippen molar-refractivity contribution in [1.82, 2.24) is 0 Å². The highest BCUT2D eigenvalue weighted by atomic mass is 19.1. The minimum Gasteiger partial charge on any atom is -0.456 e. The number of nitro groups is 1. The van der Waals surface area contributed by atoms with Crippen molar-refractivity contribution in [2.24, 2.45) is 5.92 Å². The molecule has 0 spiro atoms. The van der Waals surface area contributed by atoms with Crippen LogP contribution in [-0.4, -0.2) is 16.5 Å². The molecule has 0 saturated heterocycles. The Morgan fingerprint density at radius 3 is 2.32 bits per heavy atom. The molecule has 0 aromatic heterocycles. The average Bonchev–Trinajstić information content (AvgIpc) is 3.37. The van der Waals surface area contributed by atoms with Crippen LogP contribution in [0.1, 0.15) is 42.1 Å². The van der Waals surface area contributed by atoms with Crippen LogP contribution in [0.3, 0.4) is 0 Å². The van der Waals surface area contributed by atoms with Crippen LogP contribution in [0.2, 0.25) is 0 Å². The zero-order chi connectivity index (χ0) is 18.2. The predicted molar refractivity (Wildman–Crippen MR) is 89.8 cm³/mol. The maximum Gasteiger partial charge on any atom is 0.338 e. The maximum absolute atomic E-state index is 13.0. The van der Waals surface area contributed by atoms with Gasteiger partial charge >= 0.3 is 5.97 Å². The summed E-state index contributed by atoms with van der Waals surface area (Å²) in [4.78, 5) is 22.5. The molecule has 1 fully saturated rings. The van der Waals surface area contributed by atoms with E-state index >= 15 is 0 Å². The Morgan fingerprint density at radius 2 is 1.76 bits per heavy atom. The van der Waals surface area contributed by atoms with Gasteiger partial charge in [0.15, 0.2) is 0 Å². The van der Waals surface area contributed by atoms with Crippen LogP contribution in [0.4, 0.5) is 10.1 Å². The summed E-state index contributed by atoms with van der Waals surface area (Å²) in [6.45, 7) is 3.70. The molecule has 25 heavy (non-hydrogen) atoms. The van der Waals surface area contributed by atoms with E-state index in [1.54, 1.807) is 12.1 Å². The van der Waals surface area contributed by atoms with Gasteiger partial charge in [-0.2, -0.15) is 0 Å². The van der Waals surface area contributed by atoms with Crippen molar-refractivity contribution in [3.05, 3.63) is 75.6 Å². The molecular formula is C19H18FNO4.